The minimum atomic E-state index is -1.04. The lowest BCUT2D eigenvalue weighted by molar-refractivity contribution is -0.137. The second-order valence-electron chi connectivity index (χ2n) is 3.50. The van der Waals surface area contributed by atoms with E-state index in [1.807, 2.05) is 24.3 Å². The number of carbonyl (C=O) groups excluding carboxylic acids is 1. The Morgan fingerprint density at radius 3 is 2.65 bits per heavy atom. The van der Waals surface area contributed by atoms with E-state index >= 15 is 0 Å². The summed E-state index contributed by atoms with van der Waals surface area (Å²) in [6.45, 7) is 0.0337. The van der Waals surface area contributed by atoms with Gasteiger partial charge in [-0.05, 0) is 11.6 Å². The maximum Gasteiger partial charge on any atom is 0.323 e. The van der Waals surface area contributed by atoms with Gasteiger partial charge in [0.1, 0.15) is 6.54 Å². The van der Waals surface area contributed by atoms with Crippen molar-refractivity contribution < 1.29 is 14.7 Å². The van der Waals surface area contributed by atoms with Crippen molar-refractivity contribution in [1.29, 1.82) is 0 Å². The standard InChI is InChI=1S/C11H13BrN2O3/c1-14(7-10(15)16)11(17)13-6-8-4-2-3-5-9(8)12/h2-5H,6-7H2,1H3,(H,13,17)(H,15,16). The number of carboxylic acid groups (broad SMARTS) is 1. The molecule has 2 amide bonds. The van der Waals surface area contributed by atoms with Crippen molar-refractivity contribution in [2.75, 3.05) is 13.6 Å². The molecule has 2 N–H and O–H groups in total. The first-order chi connectivity index (χ1) is 8.00. The van der Waals surface area contributed by atoms with E-state index < -0.39 is 12.0 Å². The quantitative estimate of drug-likeness (QED) is 0.889. The Bertz CT molecular complexity index is 423. The summed E-state index contributed by atoms with van der Waals surface area (Å²) in [6, 6.07) is 7.09. The zero-order chi connectivity index (χ0) is 12.8. The number of urea groups is 1. The van der Waals surface area contributed by atoms with Gasteiger partial charge < -0.3 is 15.3 Å². The number of hydrogen-bond donors (Lipinski definition) is 2. The maximum atomic E-state index is 11.5. The smallest absolute Gasteiger partial charge is 0.323 e. The van der Waals surface area contributed by atoms with Gasteiger partial charge in [-0.3, -0.25) is 4.79 Å². The van der Waals surface area contributed by atoms with E-state index in [1.54, 1.807) is 0 Å². The van der Waals surface area contributed by atoms with E-state index in [9.17, 15) is 9.59 Å². The van der Waals surface area contributed by atoms with E-state index in [0.717, 1.165) is 14.9 Å². The van der Waals surface area contributed by atoms with Gasteiger partial charge in [0.05, 0.1) is 0 Å². The van der Waals surface area contributed by atoms with Crippen LogP contribution in [0.5, 0.6) is 0 Å². The summed E-state index contributed by atoms with van der Waals surface area (Å²) < 4.78 is 0.904. The largest absolute Gasteiger partial charge is 0.480 e. The highest BCUT2D eigenvalue weighted by Gasteiger charge is 2.11. The number of benzene rings is 1. The van der Waals surface area contributed by atoms with Gasteiger partial charge in [-0.2, -0.15) is 0 Å². The lowest BCUT2D eigenvalue weighted by atomic mass is 10.2. The number of amides is 2. The number of aliphatic carboxylic acids is 1. The fourth-order valence-electron chi connectivity index (χ4n) is 1.22. The molecule has 0 bridgehead atoms. The summed E-state index contributed by atoms with van der Waals surface area (Å²) in [6.07, 6.45) is 0. The Morgan fingerprint density at radius 2 is 2.06 bits per heavy atom. The highest BCUT2D eigenvalue weighted by molar-refractivity contribution is 9.10. The molecular formula is C11H13BrN2O3. The van der Waals surface area contributed by atoms with Crippen LogP contribution in [0.4, 0.5) is 4.79 Å². The fourth-order valence-corrected chi connectivity index (χ4v) is 1.65. The van der Waals surface area contributed by atoms with Crippen LogP contribution in [0.2, 0.25) is 0 Å². The summed E-state index contributed by atoms with van der Waals surface area (Å²) >= 11 is 3.36. The van der Waals surface area contributed by atoms with Crippen molar-refractivity contribution in [2.24, 2.45) is 0 Å². The number of rotatable bonds is 4. The third-order valence-corrected chi connectivity index (χ3v) is 2.88. The predicted molar refractivity (Wildman–Crippen MR) is 66.6 cm³/mol. The van der Waals surface area contributed by atoms with Crippen LogP contribution in [0.15, 0.2) is 28.7 Å². The van der Waals surface area contributed by atoms with Gasteiger partial charge in [0, 0.05) is 18.1 Å². The van der Waals surface area contributed by atoms with Crippen LogP contribution in [0.1, 0.15) is 5.56 Å². The maximum absolute atomic E-state index is 11.5. The van der Waals surface area contributed by atoms with Crippen LogP contribution >= 0.6 is 15.9 Å². The molecule has 0 unspecified atom stereocenters. The number of carbonyl (C=O) groups is 2. The molecule has 0 spiro atoms. The van der Waals surface area contributed by atoms with Crippen molar-refractivity contribution in [1.82, 2.24) is 10.2 Å². The molecular weight excluding hydrogens is 288 g/mol. The van der Waals surface area contributed by atoms with Gasteiger partial charge in [0.25, 0.3) is 0 Å². The average molecular weight is 301 g/mol. The number of likely N-dealkylation sites (N-methyl/N-ethyl adjacent to an activating group) is 1. The Hall–Kier alpha value is -1.56. The first-order valence-electron chi connectivity index (χ1n) is 4.95. The van der Waals surface area contributed by atoms with E-state index in [4.69, 9.17) is 5.11 Å². The topological polar surface area (TPSA) is 69.6 Å². The van der Waals surface area contributed by atoms with E-state index in [-0.39, 0.29) is 6.54 Å². The molecule has 0 saturated carbocycles. The third-order valence-electron chi connectivity index (χ3n) is 2.11. The van der Waals surface area contributed by atoms with Crippen LogP contribution in [-0.4, -0.2) is 35.6 Å². The minimum Gasteiger partial charge on any atom is -0.480 e. The molecule has 6 heteroatoms. The summed E-state index contributed by atoms with van der Waals surface area (Å²) in [5, 5.41) is 11.2. The molecule has 0 fully saturated rings. The number of hydrogen-bond acceptors (Lipinski definition) is 2. The molecule has 0 radical (unpaired) electrons. The van der Waals surface area contributed by atoms with Crippen LogP contribution in [0.3, 0.4) is 0 Å². The van der Waals surface area contributed by atoms with Crippen molar-refractivity contribution in [2.45, 2.75) is 6.54 Å². The molecule has 0 aliphatic carbocycles. The molecule has 1 aromatic carbocycles. The molecule has 17 heavy (non-hydrogen) atoms. The van der Waals surface area contributed by atoms with Gasteiger partial charge in [-0.15, -0.1) is 0 Å². The summed E-state index contributed by atoms with van der Waals surface area (Å²) in [7, 11) is 1.43. The SMILES string of the molecule is CN(CC(=O)O)C(=O)NCc1ccccc1Br. The Labute approximate surface area is 108 Å². The second-order valence-corrected chi connectivity index (χ2v) is 4.35. The van der Waals surface area contributed by atoms with E-state index in [0.29, 0.717) is 6.54 Å². The van der Waals surface area contributed by atoms with Crippen LogP contribution < -0.4 is 5.32 Å². The second kappa shape index (κ2) is 6.24. The molecule has 0 atom stereocenters. The van der Waals surface area contributed by atoms with Crippen molar-refractivity contribution in [3.63, 3.8) is 0 Å². The molecule has 0 aliphatic rings. The highest BCUT2D eigenvalue weighted by atomic mass is 79.9. The van der Waals surface area contributed by atoms with Crippen molar-refractivity contribution in [3.05, 3.63) is 34.3 Å². The van der Waals surface area contributed by atoms with Crippen molar-refractivity contribution >= 4 is 27.9 Å². The summed E-state index contributed by atoms with van der Waals surface area (Å²) in [5.74, 6) is -1.04. The van der Waals surface area contributed by atoms with Crippen LogP contribution in [0.25, 0.3) is 0 Å². The molecule has 0 aliphatic heterocycles. The van der Waals surface area contributed by atoms with E-state index in [1.165, 1.54) is 7.05 Å². The molecule has 0 heterocycles. The molecule has 1 rings (SSSR count). The zero-order valence-electron chi connectivity index (χ0n) is 9.31. The molecule has 0 saturated heterocycles. The summed E-state index contributed by atoms with van der Waals surface area (Å²) in [5.41, 5.74) is 0.935. The van der Waals surface area contributed by atoms with E-state index in [2.05, 4.69) is 21.2 Å². The van der Waals surface area contributed by atoms with Gasteiger partial charge in [-0.25, -0.2) is 4.79 Å². The Kier molecular flexibility index (Phi) is 4.96. The molecule has 92 valence electrons. The molecule has 0 aromatic heterocycles. The number of halogens is 1. The fraction of sp³-hybridized carbons (Fsp3) is 0.273. The number of nitrogens with zero attached hydrogens (tertiary/aromatic N) is 1. The zero-order valence-corrected chi connectivity index (χ0v) is 10.9. The lowest BCUT2D eigenvalue weighted by Crippen LogP contribution is -2.39. The first-order valence-corrected chi connectivity index (χ1v) is 5.74. The monoisotopic (exact) mass is 300 g/mol. The number of nitrogens with one attached hydrogen (secondary N) is 1. The normalized spacial score (nSPS) is 9.76. The Balaban J connectivity index is 2.48. The third kappa shape index (κ3) is 4.44. The molecule has 1 aromatic rings. The highest BCUT2D eigenvalue weighted by Crippen LogP contribution is 2.15. The van der Waals surface area contributed by atoms with Gasteiger partial charge in [-0.1, -0.05) is 34.1 Å². The predicted octanol–water partition coefficient (Wildman–Crippen LogP) is 1.68. The Morgan fingerprint density at radius 1 is 1.41 bits per heavy atom. The van der Waals surface area contributed by atoms with Crippen molar-refractivity contribution in [3.8, 4) is 0 Å². The van der Waals surface area contributed by atoms with Gasteiger partial charge in [0.15, 0.2) is 0 Å². The number of carboxylic acids is 1. The first kappa shape index (κ1) is 13.5. The summed E-state index contributed by atoms with van der Waals surface area (Å²) in [4.78, 5) is 23.0. The van der Waals surface area contributed by atoms with Crippen LogP contribution in [0, 0.1) is 0 Å². The average Bonchev–Trinajstić information content (AvgIpc) is 2.26. The van der Waals surface area contributed by atoms with Crippen LogP contribution in [-0.2, 0) is 11.3 Å². The van der Waals surface area contributed by atoms with Gasteiger partial charge >= 0.3 is 12.0 Å². The molecule has 5 nitrogen and oxygen atoms in total. The van der Waals surface area contributed by atoms with Gasteiger partial charge in [0.2, 0.25) is 0 Å². The lowest BCUT2D eigenvalue weighted by Gasteiger charge is -2.15. The minimum absolute atomic E-state index is 0.318.